The van der Waals surface area contributed by atoms with E-state index in [1.54, 1.807) is 0 Å². The van der Waals surface area contributed by atoms with Gasteiger partial charge in [0.15, 0.2) is 13.2 Å². The van der Waals surface area contributed by atoms with Gasteiger partial charge in [0.2, 0.25) is 0 Å². The minimum Gasteiger partial charge on any atom is -0.459 e. The van der Waals surface area contributed by atoms with Crippen molar-refractivity contribution in [1.29, 1.82) is 0 Å². The third-order valence-electron chi connectivity index (χ3n) is 8.62. The van der Waals surface area contributed by atoms with Gasteiger partial charge in [-0.3, -0.25) is 9.59 Å². The summed E-state index contributed by atoms with van der Waals surface area (Å²) in [5.41, 5.74) is -5.02. The monoisotopic (exact) mass is 828 g/mol. The minimum atomic E-state index is -8.01. The molecule has 0 radical (unpaired) electrons. The lowest BCUT2D eigenvalue weighted by Gasteiger charge is -2.41. The molecule has 1 fully saturated rings. The number of esters is 2. The van der Waals surface area contributed by atoms with Crippen LogP contribution in [0, 0.1) is 16.7 Å². The van der Waals surface area contributed by atoms with Crippen LogP contribution in [0.4, 0.5) is 105 Å². The number of carbonyl (C=O) groups is 2. The fourth-order valence-electron chi connectivity index (χ4n) is 4.58. The molecule has 0 amide bonds. The van der Waals surface area contributed by atoms with E-state index in [0.717, 1.165) is 0 Å². The lowest BCUT2D eigenvalue weighted by molar-refractivity contribution is -0.414. The summed E-state index contributed by atoms with van der Waals surface area (Å²) < 4.78 is 328. The van der Waals surface area contributed by atoms with E-state index in [9.17, 15) is 115 Å². The summed E-state index contributed by atoms with van der Waals surface area (Å²) in [6.07, 6.45) is -13.6. The standard InChI is InChI=1S/C24H20F24O4/c1-13(2)8(9(49)51-6-15(29,30)19(37,38)23(45,46)21(41,42)17(33,34)10(25)26)4-5-14(13,3)12(50)52-7-16(31,32)20(39,40)24(47,48)22(43,44)18(35,36)11(27)28/h8,10-11H,4-7H2,1-3H3. The lowest BCUT2D eigenvalue weighted by Crippen LogP contribution is -2.69. The van der Waals surface area contributed by atoms with Gasteiger partial charge in [0, 0.05) is 0 Å². The van der Waals surface area contributed by atoms with E-state index < -0.39 is 127 Å². The highest BCUT2D eigenvalue weighted by Crippen LogP contribution is 2.61. The molecule has 0 spiro atoms. The highest BCUT2D eigenvalue weighted by molar-refractivity contribution is 5.82. The molecule has 0 bridgehead atoms. The Labute approximate surface area is 273 Å². The zero-order valence-corrected chi connectivity index (χ0v) is 25.3. The number of alkyl halides is 24. The second kappa shape index (κ2) is 13.2. The van der Waals surface area contributed by atoms with Gasteiger partial charge < -0.3 is 9.47 Å². The first-order valence-electron chi connectivity index (χ1n) is 13.2. The van der Waals surface area contributed by atoms with Crippen molar-refractivity contribution in [3.05, 3.63) is 0 Å². The van der Waals surface area contributed by atoms with E-state index in [4.69, 9.17) is 0 Å². The Morgan fingerprint density at radius 3 is 1.15 bits per heavy atom. The molecule has 4 nitrogen and oxygen atoms in total. The normalized spacial score (nSPS) is 21.9. The maximum Gasteiger partial charge on any atom is 0.384 e. The summed E-state index contributed by atoms with van der Waals surface area (Å²) in [6, 6.07) is 0. The average molecular weight is 828 g/mol. The van der Waals surface area contributed by atoms with Crippen LogP contribution in [0.5, 0.6) is 0 Å². The fourth-order valence-corrected chi connectivity index (χ4v) is 4.58. The summed E-state index contributed by atoms with van der Waals surface area (Å²) in [7, 11) is 0. The van der Waals surface area contributed by atoms with Gasteiger partial charge in [0.05, 0.1) is 11.3 Å². The van der Waals surface area contributed by atoms with E-state index >= 15 is 0 Å². The first-order chi connectivity index (χ1) is 22.5. The van der Waals surface area contributed by atoms with Crippen LogP contribution in [-0.4, -0.2) is 97.2 Å². The number of ether oxygens (including phenoxy) is 2. The summed E-state index contributed by atoms with van der Waals surface area (Å²) in [6.45, 7) is -5.00. The predicted molar refractivity (Wildman–Crippen MR) is 118 cm³/mol. The molecule has 0 saturated heterocycles. The van der Waals surface area contributed by atoms with Crippen LogP contribution in [0.2, 0.25) is 0 Å². The summed E-state index contributed by atoms with van der Waals surface area (Å²) in [5, 5.41) is 0. The Balaban J connectivity index is 3.26. The molecule has 308 valence electrons. The SMILES string of the molecule is CC1(C(=O)OCC(F)(F)C(F)(F)C(F)(F)C(F)(F)C(F)(F)C(F)F)CCC(C(=O)OCC(F)(F)C(F)(F)C(F)(F)C(F)(F)C(F)(F)C(F)F)C1(C)C. The van der Waals surface area contributed by atoms with Gasteiger partial charge in [-0.15, -0.1) is 0 Å². The fraction of sp³-hybridized carbons (Fsp3) is 0.917. The van der Waals surface area contributed by atoms with Gasteiger partial charge in [0.25, 0.3) is 0 Å². The van der Waals surface area contributed by atoms with Gasteiger partial charge in [-0.1, -0.05) is 13.8 Å². The van der Waals surface area contributed by atoms with Gasteiger partial charge in [-0.05, 0) is 25.2 Å². The maximum absolute atomic E-state index is 14.1. The van der Waals surface area contributed by atoms with Crippen LogP contribution in [0.25, 0.3) is 0 Å². The van der Waals surface area contributed by atoms with Gasteiger partial charge in [-0.25, -0.2) is 17.6 Å². The topological polar surface area (TPSA) is 52.6 Å². The quantitative estimate of drug-likeness (QED) is 0.115. The Bertz CT molecular complexity index is 1320. The summed E-state index contributed by atoms with van der Waals surface area (Å²) in [4.78, 5) is 25.0. The molecule has 0 aromatic heterocycles. The third-order valence-corrected chi connectivity index (χ3v) is 8.62. The Morgan fingerprint density at radius 2 is 0.846 bits per heavy atom. The van der Waals surface area contributed by atoms with Crippen LogP contribution >= 0.6 is 0 Å². The van der Waals surface area contributed by atoms with Gasteiger partial charge >= 0.3 is 84.0 Å². The van der Waals surface area contributed by atoms with Gasteiger partial charge in [-0.2, -0.15) is 87.8 Å². The van der Waals surface area contributed by atoms with E-state index in [1.807, 2.05) is 0 Å². The molecule has 1 aliphatic carbocycles. The van der Waals surface area contributed by atoms with E-state index in [2.05, 4.69) is 9.47 Å². The molecule has 1 aliphatic rings. The van der Waals surface area contributed by atoms with Crippen molar-refractivity contribution in [3.8, 4) is 0 Å². The molecule has 1 rings (SSSR count). The molecule has 2 atom stereocenters. The molecule has 52 heavy (non-hydrogen) atoms. The van der Waals surface area contributed by atoms with Crippen molar-refractivity contribution >= 4 is 11.9 Å². The highest BCUT2D eigenvalue weighted by atomic mass is 19.4. The molecular formula is C24H20F24O4. The van der Waals surface area contributed by atoms with Crippen LogP contribution in [0.1, 0.15) is 33.6 Å². The third kappa shape index (κ3) is 6.55. The van der Waals surface area contributed by atoms with Crippen LogP contribution in [0.3, 0.4) is 0 Å². The van der Waals surface area contributed by atoms with Crippen molar-refractivity contribution in [2.24, 2.45) is 16.7 Å². The Kier molecular flexibility index (Phi) is 12.0. The molecule has 0 aromatic rings. The second-order valence-corrected chi connectivity index (χ2v) is 12.0. The number of hydrogen-bond donors (Lipinski definition) is 0. The zero-order valence-electron chi connectivity index (χ0n) is 25.3. The summed E-state index contributed by atoms with van der Waals surface area (Å²) in [5.74, 6) is -82.4. The molecule has 2 unspecified atom stereocenters. The number of hydrogen-bond acceptors (Lipinski definition) is 4. The number of rotatable bonds is 16. The van der Waals surface area contributed by atoms with Crippen molar-refractivity contribution in [3.63, 3.8) is 0 Å². The largest absolute Gasteiger partial charge is 0.459 e. The lowest BCUT2D eigenvalue weighted by atomic mass is 9.65. The minimum absolute atomic E-state index is 0.541. The van der Waals surface area contributed by atoms with Gasteiger partial charge in [0.1, 0.15) is 0 Å². The Hall–Kier alpha value is -2.74. The number of halogens is 24. The van der Waals surface area contributed by atoms with Crippen LogP contribution < -0.4 is 0 Å². The molecular weight excluding hydrogens is 808 g/mol. The van der Waals surface area contributed by atoms with E-state index in [1.165, 1.54) is 0 Å². The highest BCUT2D eigenvalue weighted by Gasteiger charge is 2.89. The van der Waals surface area contributed by atoms with E-state index in [-0.39, 0.29) is 0 Å². The second-order valence-electron chi connectivity index (χ2n) is 12.0. The first kappa shape index (κ1) is 47.3. The Morgan fingerprint density at radius 1 is 0.538 bits per heavy atom. The zero-order chi connectivity index (χ0) is 42.1. The molecule has 28 heteroatoms. The molecule has 0 N–H and O–H groups in total. The molecule has 0 aromatic carbocycles. The van der Waals surface area contributed by atoms with E-state index in [0.29, 0.717) is 20.8 Å². The average Bonchev–Trinajstić information content (AvgIpc) is 3.22. The van der Waals surface area contributed by atoms with Crippen molar-refractivity contribution in [2.45, 2.75) is 106 Å². The first-order valence-corrected chi connectivity index (χ1v) is 13.2. The predicted octanol–water partition coefficient (Wildman–Crippen LogP) is 9.40. The molecule has 1 saturated carbocycles. The summed E-state index contributed by atoms with van der Waals surface area (Å²) >= 11 is 0. The maximum atomic E-state index is 14.1. The molecule has 0 heterocycles. The molecule has 0 aliphatic heterocycles. The van der Waals surface area contributed by atoms with Crippen molar-refractivity contribution in [1.82, 2.24) is 0 Å². The smallest absolute Gasteiger partial charge is 0.384 e. The van der Waals surface area contributed by atoms with Crippen molar-refractivity contribution in [2.75, 3.05) is 13.2 Å². The number of carbonyl (C=O) groups excluding carboxylic acids is 2. The van der Waals surface area contributed by atoms with Crippen LogP contribution in [0.15, 0.2) is 0 Å². The van der Waals surface area contributed by atoms with Crippen LogP contribution in [-0.2, 0) is 19.1 Å². The van der Waals surface area contributed by atoms with Crippen molar-refractivity contribution < 1.29 is 124 Å².